The number of rotatable bonds is 4. The average Bonchev–Trinajstić information content (AvgIpc) is 2.70. The maximum Gasteiger partial charge on any atom is 0.110 e. The van der Waals surface area contributed by atoms with E-state index in [9.17, 15) is 0 Å². The smallest absolute Gasteiger partial charge is 0.110 e. The third-order valence-electron chi connectivity index (χ3n) is 2.70. The van der Waals surface area contributed by atoms with Gasteiger partial charge in [-0.05, 0) is 19.1 Å². The van der Waals surface area contributed by atoms with Crippen molar-refractivity contribution in [2.24, 2.45) is 5.73 Å². The van der Waals surface area contributed by atoms with Crippen molar-refractivity contribution in [1.29, 1.82) is 0 Å². The van der Waals surface area contributed by atoms with E-state index in [1.807, 2.05) is 35.9 Å². The average molecular weight is 284 g/mol. The van der Waals surface area contributed by atoms with Crippen LogP contribution in [-0.2, 0) is 13.0 Å². The summed E-state index contributed by atoms with van der Waals surface area (Å²) >= 11 is 12.3. The lowest BCUT2D eigenvalue weighted by Gasteiger charge is -2.12. The molecule has 1 aromatic heterocycles. The number of imidazole rings is 1. The van der Waals surface area contributed by atoms with Crippen LogP contribution >= 0.6 is 23.2 Å². The Morgan fingerprint density at radius 2 is 2.00 bits per heavy atom. The summed E-state index contributed by atoms with van der Waals surface area (Å²) in [6.07, 6.45) is 4.41. The molecule has 0 saturated carbocycles. The highest BCUT2D eigenvalue weighted by Gasteiger charge is 2.10. The molecule has 0 radical (unpaired) electrons. The van der Waals surface area contributed by atoms with Gasteiger partial charge in [-0.2, -0.15) is 0 Å². The van der Waals surface area contributed by atoms with E-state index >= 15 is 0 Å². The molecule has 1 heterocycles. The lowest BCUT2D eigenvalue weighted by molar-refractivity contribution is 0.648. The molecule has 3 nitrogen and oxygen atoms in total. The van der Waals surface area contributed by atoms with Gasteiger partial charge in [-0.3, -0.25) is 0 Å². The van der Waals surface area contributed by atoms with Crippen molar-refractivity contribution in [1.82, 2.24) is 9.55 Å². The molecule has 0 fully saturated rings. The van der Waals surface area contributed by atoms with E-state index in [1.54, 1.807) is 6.20 Å². The minimum Gasteiger partial charge on any atom is -0.330 e. The van der Waals surface area contributed by atoms with Crippen molar-refractivity contribution in [3.63, 3.8) is 0 Å². The fourth-order valence-corrected chi connectivity index (χ4v) is 2.33. The highest BCUT2D eigenvalue weighted by Crippen LogP contribution is 2.25. The van der Waals surface area contributed by atoms with Gasteiger partial charge in [-0.15, -0.1) is 0 Å². The summed E-state index contributed by atoms with van der Waals surface area (Å²) in [5, 5.41) is 1.34. The summed E-state index contributed by atoms with van der Waals surface area (Å²) in [5.74, 6) is 0.945. The summed E-state index contributed by atoms with van der Waals surface area (Å²) in [4.78, 5) is 4.31. The third-order valence-corrected chi connectivity index (χ3v) is 3.40. The second-order valence-electron chi connectivity index (χ2n) is 4.35. The lowest BCUT2D eigenvalue weighted by atomic mass is 10.2. The molecule has 0 bridgehead atoms. The van der Waals surface area contributed by atoms with Crippen molar-refractivity contribution < 1.29 is 0 Å². The lowest BCUT2D eigenvalue weighted by Crippen LogP contribution is -2.20. The molecule has 0 spiro atoms. The Bertz CT molecular complexity index is 515. The number of aromatic nitrogens is 2. The van der Waals surface area contributed by atoms with Crippen LogP contribution in [0.5, 0.6) is 0 Å². The molecule has 2 N–H and O–H groups in total. The molecular weight excluding hydrogens is 269 g/mol. The highest BCUT2D eigenvalue weighted by molar-refractivity contribution is 6.35. The molecule has 2 aromatic rings. The van der Waals surface area contributed by atoms with Crippen LogP contribution in [0.15, 0.2) is 30.6 Å². The van der Waals surface area contributed by atoms with Gasteiger partial charge < -0.3 is 10.3 Å². The molecule has 0 aliphatic heterocycles. The number of nitrogens with two attached hydrogens (primary N) is 1. The molecule has 1 unspecified atom stereocenters. The highest BCUT2D eigenvalue weighted by atomic mass is 35.5. The molecule has 0 aliphatic carbocycles. The minimum absolute atomic E-state index is 0.0767. The molecule has 0 saturated heterocycles. The van der Waals surface area contributed by atoms with Gasteiger partial charge in [0.1, 0.15) is 5.82 Å². The minimum atomic E-state index is 0.0767. The fourth-order valence-electron chi connectivity index (χ4n) is 1.82. The Kier molecular flexibility index (Phi) is 4.27. The summed E-state index contributed by atoms with van der Waals surface area (Å²) in [5.41, 5.74) is 6.71. The number of nitrogens with zero attached hydrogens (tertiary/aromatic N) is 2. The zero-order chi connectivity index (χ0) is 13.1. The molecule has 96 valence electrons. The van der Waals surface area contributed by atoms with Crippen molar-refractivity contribution >= 4 is 23.2 Å². The van der Waals surface area contributed by atoms with Gasteiger partial charge >= 0.3 is 0 Å². The largest absolute Gasteiger partial charge is 0.330 e. The van der Waals surface area contributed by atoms with Gasteiger partial charge in [-0.1, -0.05) is 29.3 Å². The van der Waals surface area contributed by atoms with Crippen LogP contribution in [0.3, 0.4) is 0 Å². The molecule has 5 heteroatoms. The zero-order valence-electron chi connectivity index (χ0n) is 10.1. The first-order chi connectivity index (χ1) is 8.58. The van der Waals surface area contributed by atoms with Gasteiger partial charge in [-0.25, -0.2) is 4.98 Å². The second-order valence-corrected chi connectivity index (χ2v) is 5.17. The van der Waals surface area contributed by atoms with E-state index < -0.39 is 0 Å². The van der Waals surface area contributed by atoms with E-state index in [0.29, 0.717) is 16.6 Å². The van der Waals surface area contributed by atoms with Crippen molar-refractivity contribution in [2.45, 2.75) is 25.9 Å². The van der Waals surface area contributed by atoms with E-state index in [-0.39, 0.29) is 6.04 Å². The van der Waals surface area contributed by atoms with Gasteiger partial charge in [0.05, 0.1) is 6.54 Å². The van der Waals surface area contributed by atoms with Crippen LogP contribution < -0.4 is 5.73 Å². The van der Waals surface area contributed by atoms with Crippen LogP contribution in [0.2, 0.25) is 10.0 Å². The zero-order valence-corrected chi connectivity index (χ0v) is 11.6. The Morgan fingerprint density at radius 3 is 2.61 bits per heavy atom. The van der Waals surface area contributed by atoms with Gasteiger partial charge in [0.15, 0.2) is 0 Å². The van der Waals surface area contributed by atoms with Gasteiger partial charge in [0, 0.05) is 40.5 Å². The maximum absolute atomic E-state index is 6.16. The topological polar surface area (TPSA) is 43.8 Å². The van der Waals surface area contributed by atoms with Crippen LogP contribution in [0.1, 0.15) is 18.3 Å². The predicted octanol–water partition coefficient (Wildman–Crippen LogP) is 3.13. The number of benzene rings is 1. The van der Waals surface area contributed by atoms with Crippen LogP contribution in [0.4, 0.5) is 0 Å². The van der Waals surface area contributed by atoms with Gasteiger partial charge in [0.25, 0.3) is 0 Å². The van der Waals surface area contributed by atoms with Crippen molar-refractivity contribution in [3.8, 4) is 0 Å². The Labute approximate surface area is 117 Å². The van der Waals surface area contributed by atoms with Crippen LogP contribution in [-0.4, -0.2) is 15.6 Å². The quantitative estimate of drug-likeness (QED) is 0.937. The SMILES string of the molecule is CC(N)Cc1nccn1Cc1c(Cl)cccc1Cl. The van der Waals surface area contributed by atoms with Crippen molar-refractivity contribution in [2.75, 3.05) is 0 Å². The summed E-state index contributed by atoms with van der Waals surface area (Å²) in [6.45, 7) is 2.57. The van der Waals surface area contributed by atoms with Gasteiger partial charge in [0.2, 0.25) is 0 Å². The standard InChI is InChI=1S/C13H15Cl2N3/c1-9(16)7-13-17-5-6-18(13)8-10-11(14)3-2-4-12(10)15/h2-6,9H,7-8,16H2,1H3. The first-order valence-corrected chi connectivity index (χ1v) is 6.52. The third kappa shape index (κ3) is 3.05. The first kappa shape index (κ1) is 13.4. The molecule has 1 atom stereocenters. The molecule has 0 aliphatic rings. The second kappa shape index (κ2) is 5.74. The molecule has 18 heavy (non-hydrogen) atoms. The first-order valence-electron chi connectivity index (χ1n) is 5.76. The Hall–Kier alpha value is -1.03. The Morgan fingerprint density at radius 1 is 1.33 bits per heavy atom. The summed E-state index contributed by atoms with van der Waals surface area (Å²) in [6, 6.07) is 5.59. The normalized spacial score (nSPS) is 12.7. The van der Waals surface area contributed by atoms with Crippen LogP contribution in [0.25, 0.3) is 0 Å². The molecule has 1 aromatic carbocycles. The van der Waals surface area contributed by atoms with E-state index in [2.05, 4.69) is 4.98 Å². The van der Waals surface area contributed by atoms with Crippen LogP contribution in [0, 0.1) is 0 Å². The van der Waals surface area contributed by atoms with E-state index in [1.165, 1.54) is 0 Å². The van der Waals surface area contributed by atoms with E-state index in [4.69, 9.17) is 28.9 Å². The number of hydrogen-bond acceptors (Lipinski definition) is 2. The molecule has 2 rings (SSSR count). The summed E-state index contributed by atoms with van der Waals surface area (Å²) in [7, 11) is 0. The predicted molar refractivity (Wildman–Crippen MR) is 75.1 cm³/mol. The van der Waals surface area contributed by atoms with E-state index in [0.717, 1.165) is 17.8 Å². The Balaban J connectivity index is 2.26. The summed E-state index contributed by atoms with van der Waals surface area (Å²) < 4.78 is 2.02. The number of hydrogen-bond donors (Lipinski definition) is 1. The van der Waals surface area contributed by atoms with Crippen molar-refractivity contribution in [3.05, 3.63) is 52.0 Å². The fraction of sp³-hybridized carbons (Fsp3) is 0.308. The molecule has 0 amide bonds. The molecular formula is C13H15Cl2N3. The monoisotopic (exact) mass is 283 g/mol. The maximum atomic E-state index is 6.16. The number of halogens is 2.